The van der Waals surface area contributed by atoms with Crippen molar-refractivity contribution < 1.29 is 32.0 Å². The molecule has 2 aromatic heterocycles. The van der Waals surface area contributed by atoms with Crippen molar-refractivity contribution in [2.24, 2.45) is 0 Å². The van der Waals surface area contributed by atoms with Crippen molar-refractivity contribution in [3.63, 3.8) is 0 Å². The van der Waals surface area contributed by atoms with E-state index in [0.717, 1.165) is 23.8 Å². The molecule has 1 N–H and O–H groups in total. The third-order valence-electron chi connectivity index (χ3n) is 4.74. The van der Waals surface area contributed by atoms with E-state index in [0.29, 0.717) is 16.3 Å². The molecular formula is C22H15F4N5O4. The number of halogens is 4. The number of nitrogens with one attached hydrogen (secondary N) is 1. The van der Waals surface area contributed by atoms with Crippen molar-refractivity contribution in [1.82, 2.24) is 14.6 Å². The summed E-state index contributed by atoms with van der Waals surface area (Å²) in [6.45, 7) is 1.83. The van der Waals surface area contributed by atoms with Gasteiger partial charge in [0.1, 0.15) is 22.9 Å². The highest BCUT2D eigenvalue weighted by Gasteiger charge is 2.22. The van der Waals surface area contributed by atoms with Gasteiger partial charge in [0.2, 0.25) is 0 Å². The fourth-order valence-electron chi connectivity index (χ4n) is 3.23. The average Bonchev–Trinajstić information content (AvgIpc) is 3.22. The topological polar surface area (TPSA) is 112 Å². The molecular weight excluding hydrogens is 474 g/mol. The Kier molecular flexibility index (Phi) is 6.32. The second kappa shape index (κ2) is 9.37. The van der Waals surface area contributed by atoms with Crippen LogP contribution in [-0.2, 0) is 0 Å². The van der Waals surface area contributed by atoms with Crippen molar-refractivity contribution in [3.05, 3.63) is 87.4 Å². The van der Waals surface area contributed by atoms with Gasteiger partial charge in [0.05, 0.1) is 16.7 Å². The summed E-state index contributed by atoms with van der Waals surface area (Å²) in [5.41, 5.74) is -2.10. The smallest absolute Gasteiger partial charge is 0.280 e. The predicted octanol–water partition coefficient (Wildman–Crippen LogP) is 5.87. The van der Waals surface area contributed by atoms with E-state index < -0.39 is 40.8 Å². The monoisotopic (exact) mass is 489 g/mol. The van der Waals surface area contributed by atoms with E-state index in [-0.39, 0.29) is 22.8 Å². The number of anilines is 1. The van der Waals surface area contributed by atoms with Crippen LogP contribution < -0.4 is 10.1 Å². The Morgan fingerprint density at radius 1 is 1.06 bits per heavy atom. The molecule has 0 saturated heterocycles. The minimum absolute atomic E-state index is 0.0424. The van der Waals surface area contributed by atoms with Gasteiger partial charge in [0.25, 0.3) is 24.4 Å². The van der Waals surface area contributed by atoms with Gasteiger partial charge in [-0.2, -0.15) is 5.10 Å². The Morgan fingerprint density at radius 3 is 2.49 bits per heavy atom. The fraction of sp³-hybridized carbons (Fsp3) is 0.136. The molecule has 0 saturated carbocycles. The number of carbonyl (C=O) groups excluding carboxylic acids is 1. The van der Waals surface area contributed by atoms with Gasteiger partial charge in [-0.15, -0.1) is 0 Å². The Morgan fingerprint density at radius 2 is 1.83 bits per heavy atom. The molecule has 0 aliphatic heterocycles. The SMILES string of the molecule is Cc1cccc(Oc2cc(NC(=O)c3cc4nc(C(F)F)cc(C(F)F)n4n3)cc([N+](=O)[O-])c2)c1. The number of benzene rings is 2. The van der Waals surface area contributed by atoms with Gasteiger partial charge in [-0.05, 0) is 30.7 Å². The highest BCUT2D eigenvalue weighted by atomic mass is 19.3. The molecule has 0 bridgehead atoms. The second-order valence-corrected chi connectivity index (χ2v) is 7.35. The number of hydrogen-bond donors (Lipinski definition) is 1. The summed E-state index contributed by atoms with van der Waals surface area (Å²) in [4.78, 5) is 26.9. The first-order chi connectivity index (χ1) is 16.6. The second-order valence-electron chi connectivity index (χ2n) is 7.35. The standard InChI is InChI=1S/C22H15F4N5O4/c1-11-3-2-4-14(5-11)35-15-7-12(6-13(8-15)31(33)34)27-22(32)17-10-19-28-16(20(23)24)9-18(21(25)26)30(19)29-17/h2-10,20-21H,1H3,(H,27,32). The molecule has 4 aromatic rings. The summed E-state index contributed by atoms with van der Waals surface area (Å²) in [5, 5.41) is 17.5. The molecule has 0 aliphatic carbocycles. The van der Waals surface area contributed by atoms with Gasteiger partial charge in [-0.3, -0.25) is 14.9 Å². The molecule has 0 unspecified atom stereocenters. The maximum atomic E-state index is 13.4. The van der Waals surface area contributed by atoms with Crippen LogP contribution in [-0.4, -0.2) is 25.4 Å². The highest BCUT2D eigenvalue weighted by molar-refractivity contribution is 6.03. The van der Waals surface area contributed by atoms with E-state index in [1.165, 1.54) is 6.07 Å². The average molecular weight is 489 g/mol. The Bertz CT molecular complexity index is 1440. The van der Waals surface area contributed by atoms with Crippen molar-refractivity contribution in [2.45, 2.75) is 19.8 Å². The van der Waals surface area contributed by atoms with Gasteiger partial charge in [0, 0.05) is 18.2 Å². The predicted molar refractivity (Wildman–Crippen MR) is 115 cm³/mol. The molecule has 35 heavy (non-hydrogen) atoms. The summed E-state index contributed by atoms with van der Waals surface area (Å²) in [6.07, 6.45) is -6.27. The van der Waals surface area contributed by atoms with Gasteiger partial charge >= 0.3 is 0 Å². The number of aromatic nitrogens is 3. The number of aryl methyl sites for hydroxylation is 1. The normalized spacial score (nSPS) is 11.3. The van der Waals surface area contributed by atoms with Crippen molar-refractivity contribution in [1.29, 1.82) is 0 Å². The van der Waals surface area contributed by atoms with E-state index in [1.54, 1.807) is 18.2 Å². The van der Waals surface area contributed by atoms with E-state index in [4.69, 9.17) is 4.74 Å². The third kappa shape index (κ3) is 5.18. The Hall–Kier alpha value is -4.55. The maximum absolute atomic E-state index is 13.4. The molecule has 2 aromatic carbocycles. The zero-order chi connectivity index (χ0) is 25.3. The van der Waals surface area contributed by atoms with Gasteiger partial charge < -0.3 is 10.1 Å². The van der Waals surface area contributed by atoms with E-state index in [2.05, 4.69) is 15.4 Å². The molecule has 180 valence electrons. The van der Waals surface area contributed by atoms with Crippen LogP contribution in [0.4, 0.5) is 28.9 Å². The summed E-state index contributed by atoms with van der Waals surface area (Å²) < 4.78 is 59.0. The largest absolute Gasteiger partial charge is 0.457 e. The first kappa shape index (κ1) is 23.6. The Labute approximate surface area is 194 Å². The number of fused-ring (bicyclic) bond motifs is 1. The molecule has 9 nitrogen and oxygen atoms in total. The molecule has 4 rings (SSSR count). The first-order valence-electron chi connectivity index (χ1n) is 9.93. The number of rotatable bonds is 7. The number of ether oxygens (including phenoxy) is 1. The number of nitrogens with zero attached hydrogens (tertiary/aromatic N) is 4. The van der Waals surface area contributed by atoms with Crippen molar-refractivity contribution in [3.8, 4) is 11.5 Å². The quantitative estimate of drug-likeness (QED) is 0.198. The van der Waals surface area contributed by atoms with Gasteiger partial charge in [0.15, 0.2) is 11.3 Å². The van der Waals surface area contributed by atoms with Crippen molar-refractivity contribution >= 4 is 22.9 Å². The van der Waals surface area contributed by atoms with Crippen LogP contribution in [0.1, 0.15) is 40.3 Å². The number of alkyl halides is 4. The molecule has 0 fully saturated rings. The third-order valence-corrected chi connectivity index (χ3v) is 4.74. The van der Waals surface area contributed by atoms with E-state index >= 15 is 0 Å². The number of hydrogen-bond acceptors (Lipinski definition) is 6. The molecule has 0 spiro atoms. The zero-order valence-corrected chi connectivity index (χ0v) is 17.8. The van der Waals surface area contributed by atoms with Gasteiger partial charge in [-0.1, -0.05) is 12.1 Å². The van der Waals surface area contributed by atoms with Crippen LogP contribution in [0.3, 0.4) is 0 Å². The van der Waals surface area contributed by atoms with Crippen LogP contribution in [0.25, 0.3) is 5.65 Å². The number of amides is 1. The van der Waals surface area contributed by atoms with E-state index in [1.807, 2.05) is 13.0 Å². The van der Waals surface area contributed by atoms with Crippen LogP contribution in [0.5, 0.6) is 11.5 Å². The summed E-state index contributed by atoms with van der Waals surface area (Å²) in [6, 6.07) is 11.9. The van der Waals surface area contributed by atoms with Gasteiger partial charge in [-0.25, -0.2) is 27.1 Å². The molecule has 13 heteroatoms. The molecule has 0 radical (unpaired) electrons. The van der Waals surface area contributed by atoms with E-state index in [9.17, 15) is 32.5 Å². The maximum Gasteiger partial charge on any atom is 0.280 e. The molecule has 0 atom stereocenters. The van der Waals surface area contributed by atoms with Crippen molar-refractivity contribution in [2.75, 3.05) is 5.32 Å². The number of non-ortho nitro benzene ring substituents is 1. The summed E-state index contributed by atoms with van der Waals surface area (Å²) in [5.74, 6) is -0.474. The van der Waals surface area contributed by atoms with Crippen LogP contribution >= 0.6 is 0 Å². The first-order valence-corrected chi connectivity index (χ1v) is 9.93. The highest BCUT2D eigenvalue weighted by Crippen LogP contribution is 2.31. The Balaban J connectivity index is 1.66. The molecule has 0 aliphatic rings. The number of carbonyl (C=O) groups is 1. The fourth-order valence-corrected chi connectivity index (χ4v) is 3.23. The lowest BCUT2D eigenvalue weighted by Crippen LogP contribution is -2.13. The lowest BCUT2D eigenvalue weighted by atomic mass is 10.2. The lowest BCUT2D eigenvalue weighted by Gasteiger charge is -2.09. The number of nitro benzene ring substituents is 1. The number of nitro groups is 1. The zero-order valence-electron chi connectivity index (χ0n) is 17.8. The lowest BCUT2D eigenvalue weighted by molar-refractivity contribution is -0.384. The molecule has 2 heterocycles. The summed E-state index contributed by atoms with van der Waals surface area (Å²) in [7, 11) is 0. The summed E-state index contributed by atoms with van der Waals surface area (Å²) >= 11 is 0. The minimum atomic E-state index is -3.16. The van der Waals surface area contributed by atoms with Crippen LogP contribution in [0.15, 0.2) is 54.6 Å². The van der Waals surface area contributed by atoms with Crippen LogP contribution in [0.2, 0.25) is 0 Å². The molecule has 1 amide bonds. The minimum Gasteiger partial charge on any atom is -0.457 e. The van der Waals surface area contributed by atoms with Crippen LogP contribution in [0, 0.1) is 17.0 Å².